The third-order valence-electron chi connectivity index (χ3n) is 10.2. The lowest BCUT2D eigenvalue weighted by atomic mass is 9.59. The van der Waals surface area contributed by atoms with Gasteiger partial charge in [-0.05, 0) is 71.9 Å². The minimum Gasteiger partial charge on any atom is -0.456 e. The summed E-state index contributed by atoms with van der Waals surface area (Å²) in [6.45, 7) is 7.42. The molecule has 0 radical (unpaired) electrons. The second-order valence-electron chi connectivity index (χ2n) is 12.6. The molecule has 2 aromatic carbocycles. The highest BCUT2D eigenvalue weighted by molar-refractivity contribution is 5.96. The van der Waals surface area contributed by atoms with Gasteiger partial charge in [-0.25, -0.2) is 4.79 Å². The minimum atomic E-state index is -2.19. The average molecular weight is 545 g/mol. The monoisotopic (exact) mass is 544 g/mol. The van der Waals surface area contributed by atoms with Crippen molar-refractivity contribution in [1.82, 2.24) is 0 Å². The molecule has 6 rings (SSSR count). The van der Waals surface area contributed by atoms with Crippen molar-refractivity contribution < 1.29 is 34.4 Å². The van der Waals surface area contributed by atoms with Gasteiger partial charge >= 0.3 is 5.97 Å². The molecular weight excluding hydrogens is 508 g/mol. The number of hydrogen-bond acceptors (Lipinski definition) is 7. The van der Waals surface area contributed by atoms with Crippen LogP contribution in [0.2, 0.25) is 0 Å². The number of aliphatic hydroxyl groups excluding tert-OH is 2. The molecule has 8 atom stereocenters. The molecule has 0 heterocycles. The van der Waals surface area contributed by atoms with Crippen LogP contribution in [0.3, 0.4) is 0 Å². The van der Waals surface area contributed by atoms with Crippen molar-refractivity contribution in [2.24, 2.45) is 34.5 Å². The normalized spacial score (nSPS) is 37.2. The average Bonchev–Trinajstić information content (AvgIpc) is 3.43. The largest absolute Gasteiger partial charge is 0.456 e. The van der Waals surface area contributed by atoms with Crippen LogP contribution in [0.5, 0.6) is 11.5 Å². The molecule has 7 heteroatoms. The van der Waals surface area contributed by atoms with Crippen LogP contribution < -0.4 is 4.74 Å². The molecule has 0 aliphatic heterocycles. The summed E-state index contributed by atoms with van der Waals surface area (Å²) < 4.78 is 12.0. The number of carbonyl (C=O) groups excluding carboxylic acids is 2. The zero-order chi connectivity index (χ0) is 28.6. The van der Waals surface area contributed by atoms with Gasteiger partial charge in [-0.1, -0.05) is 63.3 Å². The smallest absolute Gasteiger partial charge is 0.342 e. The molecule has 7 nitrogen and oxygen atoms in total. The number of ketones is 1. The molecule has 0 aromatic heterocycles. The summed E-state index contributed by atoms with van der Waals surface area (Å²) in [7, 11) is 0. The number of carbonyl (C=O) groups is 2. The van der Waals surface area contributed by atoms with Gasteiger partial charge in [0.2, 0.25) is 0 Å². The Hall–Kier alpha value is -3.26. The number of hydrogen-bond donors (Lipinski definition) is 3. The summed E-state index contributed by atoms with van der Waals surface area (Å²) in [5.74, 6) is -0.701. The predicted octanol–water partition coefficient (Wildman–Crippen LogP) is 4.47. The first-order chi connectivity index (χ1) is 19.0. The fourth-order valence-corrected chi connectivity index (χ4v) is 8.10. The topological polar surface area (TPSA) is 113 Å². The van der Waals surface area contributed by atoms with Crippen molar-refractivity contribution in [3.05, 3.63) is 83.5 Å². The van der Waals surface area contributed by atoms with Gasteiger partial charge in [-0.2, -0.15) is 0 Å². The van der Waals surface area contributed by atoms with Gasteiger partial charge in [0.25, 0.3) is 0 Å². The molecular formula is C33H36O7. The van der Waals surface area contributed by atoms with E-state index >= 15 is 0 Å². The molecule has 4 aliphatic rings. The Bertz CT molecular complexity index is 1430. The molecule has 2 aromatic rings. The first-order valence-electron chi connectivity index (χ1n) is 14.0. The van der Waals surface area contributed by atoms with E-state index < -0.39 is 41.7 Å². The highest BCUT2D eigenvalue weighted by atomic mass is 16.6. The Kier molecular flexibility index (Phi) is 6.15. The SMILES string of the molecule is CC1=C[C@]23C(=O)C(C=C(CO)[C@@H](O)[C@]2(O)[C@H]1OC(=O)c1ccccc1Oc1ccccc1)[C@H]1[C@@H](C[C@H]3C)C1(C)C. The second-order valence-corrected chi connectivity index (χ2v) is 12.6. The first kappa shape index (κ1) is 26.9. The Morgan fingerprint density at radius 1 is 1.07 bits per heavy atom. The number of ether oxygens (including phenoxy) is 2. The van der Waals surface area contributed by atoms with E-state index in [1.807, 2.05) is 25.1 Å². The van der Waals surface area contributed by atoms with Crippen LogP contribution in [0, 0.1) is 34.5 Å². The molecule has 2 saturated carbocycles. The number of para-hydroxylation sites is 2. The second kappa shape index (κ2) is 9.13. The Morgan fingerprint density at radius 3 is 2.45 bits per heavy atom. The molecule has 40 heavy (non-hydrogen) atoms. The molecule has 1 spiro atoms. The summed E-state index contributed by atoms with van der Waals surface area (Å²) >= 11 is 0. The van der Waals surface area contributed by atoms with Crippen molar-refractivity contribution in [2.75, 3.05) is 6.61 Å². The summed E-state index contributed by atoms with van der Waals surface area (Å²) in [6, 6.07) is 15.7. The van der Waals surface area contributed by atoms with E-state index in [-0.39, 0.29) is 45.8 Å². The Morgan fingerprint density at radius 2 is 1.75 bits per heavy atom. The lowest BCUT2D eigenvalue weighted by Gasteiger charge is -2.48. The maximum atomic E-state index is 14.5. The maximum absolute atomic E-state index is 14.5. The van der Waals surface area contributed by atoms with Crippen molar-refractivity contribution in [2.45, 2.75) is 51.9 Å². The van der Waals surface area contributed by atoms with E-state index in [0.29, 0.717) is 17.7 Å². The van der Waals surface area contributed by atoms with Gasteiger partial charge in [0.15, 0.2) is 17.5 Å². The highest BCUT2D eigenvalue weighted by Gasteiger charge is 2.76. The zero-order valence-corrected chi connectivity index (χ0v) is 23.2. The molecule has 210 valence electrons. The number of allylic oxidation sites excluding steroid dienone is 1. The van der Waals surface area contributed by atoms with Gasteiger partial charge in [-0.3, -0.25) is 4.79 Å². The van der Waals surface area contributed by atoms with Crippen molar-refractivity contribution in [3.8, 4) is 11.5 Å². The fourth-order valence-electron chi connectivity index (χ4n) is 8.10. The third kappa shape index (κ3) is 3.54. The van der Waals surface area contributed by atoms with E-state index in [1.54, 1.807) is 55.5 Å². The van der Waals surface area contributed by atoms with Crippen molar-refractivity contribution in [1.29, 1.82) is 0 Å². The maximum Gasteiger partial charge on any atom is 0.342 e. The van der Waals surface area contributed by atoms with Crippen LogP contribution in [0.4, 0.5) is 0 Å². The molecule has 0 amide bonds. The minimum absolute atomic E-state index is 0.0512. The van der Waals surface area contributed by atoms with Gasteiger partial charge in [0.1, 0.15) is 23.2 Å². The summed E-state index contributed by atoms with van der Waals surface area (Å²) in [6.07, 6.45) is 1.15. The Labute approximate surface area is 234 Å². The molecule has 2 bridgehead atoms. The lowest BCUT2D eigenvalue weighted by Crippen LogP contribution is -2.65. The molecule has 3 N–H and O–H groups in total. The van der Waals surface area contributed by atoms with Crippen LogP contribution in [0.25, 0.3) is 0 Å². The van der Waals surface area contributed by atoms with E-state index in [0.717, 1.165) is 0 Å². The summed E-state index contributed by atoms with van der Waals surface area (Å²) in [4.78, 5) is 28.2. The van der Waals surface area contributed by atoms with Gasteiger partial charge in [0.05, 0.1) is 12.0 Å². The summed E-state index contributed by atoms with van der Waals surface area (Å²) in [5.41, 5.74) is -2.93. The van der Waals surface area contributed by atoms with E-state index in [2.05, 4.69) is 13.8 Å². The quantitative estimate of drug-likeness (QED) is 0.376. The first-order valence-corrected chi connectivity index (χ1v) is 14.0. The number of benzene rings is 2. The molecule has 1 unspecified atom stereocenters. The standard InChI is InChI=1S/C33H36O7/c1-18-16-32-19(2)14-24-26(31(24,3)4)23(28(32)36)15-20(17-34)27(35)33(32,38)29(18)40-30(37)22-12-8-9-13-25(22)39-21-10-6-5-7-11-21/h5-13,15-16,19,23-24,26-27,29,34-35,38H,14,17H2,1-4H3/t19-,23?,24-,26+,27-,29+,32+,33+/m1/s1. The predicted molar refractivity (Wildman–Crippen MR) is 148 cm³/mol. The number of fused-ring (bicyclic) bond motifs is 3. The zero-order valence-electron chi connectivity index (χ0n) is 23.2. The van der Waals surface area contributed by atoms with Crippen LogP contribution in [-0.2, 0) is 9.53 Å². The van der Waals surface area contributed by atoms with Gasteiger partial charge in [-0.15, -0.1) is 0 Å². The van der Waals surface area contributed by atoms with Gasteiger partial charge in [0, 0.05) is 5.92 Å². The van der Waals surface area contributed by atoms with Gasteiger partial charge < -0.3 is 24.8 Å². The van der Waals surface area contributed by atoms with E-state index in [1.165, 1.54) is 0 Å². The summed E-state index contributed by atoms with van der Waals surface area (Å²) in [5, 5.41) is 34.6. The number of esters is 1. The Balaban J connectivity index is 1.40. The van der Waals surface area contributed by atoms with E-state index in [9.17, 15) is 24.9 Å². The lowest BCUT2D eigenvalue weighted by molar-refractivity contribution is -0.190. The molecule has 2 fully saturated rings. The number of aliphatic hydroxyl groups is 3. The molecule has 4 aliphatic carbocycles. The van der Waals surface area contributed by atoms with Crippen LogP contribution in [0.1, 0.15) is 44.5 Å². The third-order valence-corrected chi connectivity index (χ3v) is 10.2. The van der Waals surface area contributed by atoms with Crippen LogP contribution in [0.15, 0.2) is 77.9 Å². The van der Waals surface area contributed by atoms with Crippen LogP contribution in [-0.4, -0.2) is 51.5 Å². The van der Waals surface area contributed by atoms with Crippen molar-refractivity contribution >= 4 is 11.8 Å². The fraction of sp³-hybridized carbons (Fsp3) is 0.455. The number of rotatable bonds is 5. The van der Waals surface area contributed by atoms with Crippen molar-refractivity contribution in [3.63, 3.8) is 0 Å². The molecule has 0 saturated heterocycles. The van der Waals surface area contributed by atoms with E-state index in [4.69, 9.17) is 9.47 Å². The highest BCUT2D eigenvalue weighted by Crippen LogP contribution is 2.71. The van der Waals surface area contributed by atoms with Crippen LogP contribution >= 0.6 is 0 Å². The number of Topliss-reactive ketones (excluding diaryl/α,β-unsaturated/α-hetero) is 1.